The Kier molecular flexibility index (Phi) is 4.65. The van der Waals surface area contributed by atoms with Gasteiger partial charge in [0.25, 0.3) is 0 Å². The number of nitrogens with zero attached hydrogens (tertiary/aromatic N) is 3. The minimum atomic E-state index is -3.36. The Labute approximate surface area is 139 Å². The van der Waals surface area contributed by atoms with Gasteiger partial charge in [0.05, 0.1) is 0 Å². The molecule has 1 aromatic heterocycles. The van der Waals surface area contributed by atoms with Gasteiger partial charge in [-0.25, -0.2) is 13.4 Å². The van der Waals surface area contributed by atoms with Crippen molar-refractivity contribution in [3.8, 4) is 0 Å². The lowest BCUT2D eigenvalue weighted by molar-refractivity contribution is 0.325. The molecule has 3 heterocycles. The van der Waals surface area contributed by atoms with E-state index in [9.17, 15) is 8.42 Å². The van der Waals surface area contributed by atoms with E-state index in [4.69, 9.17) is 0 Å². The van der Waals surface area contributed by atoms with Crippen LogP contribution >= 0.6 is 0 Å². The van der Waals surface area contributed by atoms with E-state index in [-0.39, 0.29) is 0 Å². The van der Waals surface area contributed by atoms with Crippen LogP contribution in [0.2, 0.25) is 0 Å². The average Bonchev–Trinajstić information content (AvgIpc) is 3.00. The van der Waals surface area contributed by atoms with Crippen molar-refractivity contribution in [2.75, 3.05) is 31.1 Å². The van der Waals surface area contributed by atoms with Gasteiger partial charge in [0, 0.05) is 32.4 Å². The lowest BCUT2D eigenvalue weighted by Gasteiger charge is -2.24. The van der Waals surface area contributed by atoms with Crippen LogP contribution in [-0.4, -0.2) is 43.9 Å². The van der Waals surface area contributed by atoms with Crippen molar-refractivity contribution in [3.63, 3.8) is 0 Å². The third-order valence-corrected chi connectivity index (χ3v) is 6.97. The number of hydrogen-bond acceptors (Lipinski definition) is 4. The second-order valence-electron chi connectivity index (χ2n) is 7.47. The Balaban J connectivity index is 1.74. The summed E-state index contributed by atoms with van der Waals surface area (Å²) in [4.78, 5) is 7.05. The third kappa shape index (κ3) is 3.69. The first-order valence-electron chi connectivity index (χ1n) is 8.60. The Morgan fingerprint density at radius 2 is 1.74 bits per heavy atom. The van der Waals surface area contributed by atoms with Gasteiger partial charge in [0.1, 0.15) is 10.7 Å². The lowest BCUT2D eigenvalue weighted by Crippen LogP contribution is -2.28. The molecule has 0 atom stereocenters. The number of rotatable bonds is 3. The summed E-state index contributed by atoms with van der Waals surface area (Å²) < 4.78 is 26.6. The summed E-state index contributed by atoms with van der Waals surface area (Å²) in [6.07, 6.45) is 6.96. The molecule has 23 heavy (non-hydrogen) atoms. The number of aromatic nitrogens is 1. The summed E-state index contributed by atoms with van der Waals surface area (Å²) in [6, 6.07) is 3.58. The molecule has 2 saturated heterocycles. The maximum absolute atomic E-state index is 12.5. The van der Waals surface area contributed by atoms with E-state index in [0.29, 0.717) is 23.4 Å². The van der Waals surface area contributed by atoms with Crippen molar-refractivity contribution in [1.29, 1.82) is 0 Å². The van der Waals surface area contributed by atoms with Gasteiger partial charge in [-0.05, 0) is 49.7 Å². The quantitative estimate of drug-likeness (QED) is 0.851. The molecule has 2 aliphatic rings. The fourth-order valence-electron chi connectivity index (χ4n) is 3.44. The molecule has 3 rings (SSSR count). The van der Waals surface area contributed by atoms with Gasteiger partial charge in [-0.2, -0.15) is 4.31 Å². The molecule has 0 spiro atoms. The standard InChI is InChI=1S/C17H27N3O2S/c1-17(2)8-5-10-19(13-9-17)16-7-6-15(14-18-16)23(21,22)20-11-3-4-12-20/h6-7,14H,3-5,8-13H2,1-2H3. The molecular weight excluding hydrogens is 310 g/mol. The predicted molar refractivity (Wildman–Crippen MR) is 92.1 cm³/mol. The van der Waals surface area contributed by atoms with Gasteiger partial charge in [0.2, 0.25) is 10.0 Å². The zero-order valence-corrected chi connectivity index (χ0v) is 15.0. The summed E-state index contributed by atoms with van der Waals surface area (Å²) >= 11 is 0. The molecule has 0 bridgehead atoms. The van der Waals surface area contributed by atoms with Gasteiger partial charge in [-0.3, -0.25) is 0 Å². The number of sulfonamides is 1. The van der Waals surface area contributed by atoms with E-state index in [2.05, 4.69) is 23.7 Å². The Morgan fingerprint density at radius 1 is 1.00 bits per heavy atom. The van der Waals surface area contributed by atoms with E-state index in [1.54, 1.807) is 10.4 Å². The highest BCUT2D eigenvalue weighted by Gasteiger charge is 2.28. The van der Waals surface area contributed by atoms with Gasteiger partial charge >= 0.3 is 0 Å². The lowest BCUT2D eigenvalue weighted by atomic mass is 9.85. The van der Waals surface area contributed by atoms with Crippen LogP contribution in [0.4, 0.5) is 5.82 Å². The Morgan fingerprint density at radius 3 is 2.39 bits per heavy atom. The highest BCUT2D eigenvalue weighted by Crippen LogP contribution is 2.31. The van der Waals surface area contributed by atoms with Gasteiger partial charge in [-0.1, -0.05) is 13.8 Å². The van der Waals surface area contributed by atoms with E-state index in [1.807, 2.05) is 6.07 Å². The monoisotopic (exact) mass is 337 g/mol. The third-order valence-electron chi connectivity index (χ3n) is 5.09. The molecule has 5 nitrogen and oxygen atoms in total. The van der Waals surface area contributed by atoms with Crippen molar-refractivity contribution in [2.24, 2.45) is 5.41 Å². The fourth-order valence-corrected chi connectivity index (χ4v) is 4.90. The fraction of sp³-hybridized carbons (Fsp3) is 0.706. The summed E-state index contributed by atoms with van der Waals surface area (Å²) in [6.45, 7) is 7.87. The van der Waals surface area contributed by atoms with E-state index < -0.39 is 10.0 Å². The molecule has 0 unspecified atom stereocenters. The van der Waals surface area contributed by atoms with Crippen molar-refractivity contribution in [2.45, 2.75) is 50.8 Å². The van der Waals surface area contributed by atoms with Crippen molar-refractivity contribution < 1.29 is 8.42 Å². The zero-order chi connectivity index (χ0) is 16.5. The van der Waals surface area contributed by atoms with Crippen LogP contribution < -0.4 is 4.90 Å². The van der Waals surface area contributed by atoms with E-state index in [0.717, 1.165) is 44.6 Å². The molecule has 0 radical (unpaired) electrons. The Hall–Kier alpha value is -1.14. The molecule has 2 fully saturated rings. The smallest absolute Gasteiger partial charge is 0.244 e. The molecule has 2 aliphatic heterocycles. The number of pyridine rings is 1. The first kappa shape index (κ1) is 16.7. The van der Waals surface area contributed by atoms with Crippen LogP contribution in [0.3, 0.4) is 0 Å². The van der Waals surface area contributed by atoms with Gasteiger partial charge < -0.3 is 4.90 Å². The van der Waals surface area contributed by atoms with E-state index in [1.165, 1.54) is 12.6 Å². The molecule has 0 N–H and O–H groups in total. The van der Waals surface area contributed by atoms with E-state index >= 15 is 0 Å². The highest BCUT2D eigenvalue weighted by atomic mass is 32.2. The Bertz CT molecular complexity index is 634. The summed E-state index contributed by atoms with van der Waals surface area (Å²) in [7, 11) is -3.36. The molecule has 0 amide bonds. The second-order valence-corrected chi connectivity index (χ2v) is 9.41. The number of anilines is 1. The van der Waals surface area contributed by atoms with Crippen LogP contribution in [-0.2, 0) is 10.0 Å². The molecule has 1 aromatic rings. The largest absolute Gasteiger partial charge is 0.357 e. The van der Waals surface area contributed by atoms with Gasteiger partial charge in [-0.15, -0.1) is 0 Å². The molecule has 0 aromatic carbocycles. The second kappa shape index (κ2) is 6.40. The first-order chi connectivity index (χ1) is 10.9. The summed E-state index contributed by atoms with van der Waals surface area (Å²) in [5.41, 5.74) is 0.383. The SMILES string of the molecule is CC1(C)CCCN(c2ccc(S(=O)(=O)N3CCCC3)cn2)CC1. The van der Waals surface area contributed by atoms with Gasteiger partial charge in [0.15, 0.2) is 0 Å². The molecule has 0 aliphatic carbocycles. The summed E-state index contributed by atoms with van der Waals surface area (Å²) in [5.74, 6) is 0.892. The molecule has 128 valence electrons. The number of hydrogen-bond donors (Lipinski definition) is 0. The normalized spacial score (nSPS) is 23.0. The maximum atomic E-state index is 12.5. The first-order valence-corrected chi connectivity index (χ1v) is 10.0. The minimum Gasteiger partial charge on any atom is -0.357 e. The minimum absolute atomic E-state index is 0.318. The van der Waals surface area contributed by atoms with Crippen LogP contribution in [0, 0.1) is 5.41 Å². The van der Waals surface area contributed by atoms with Crippen molar-refractivity contribution >= 4 is 15.8 Å². The van der Waals surface area contributed by atoms with Crippen LogP contribution in [0.15, 0.2) is 23.2 Å². The van der Waals surface area contributed by atoms with Crippen LogP contribution in [0.1, 0.15) is 46.0 Å². The maximum Gasteiger partial charge on any atom is 0.244 e. The summed E-state index contributed by atoms with van der Waals surface area (Å²) in [5, 5.41) is 0. The highest BCUT2D eigenvalue weighted by molar-refractivity contribution is 7.89. The van der Waals surface area contributed by atoms with Crippen molar-refractivity contribution in [3.05, 3.63) is 18.3 Å². The average molecular weight is 337 g/mol. The van der Waals surface area contributed by atoms with Crippen LogP contribution in [0.25, 0.3) is 0 Å². The van der Waals surface area contributed by atoms with Crippen molar-refractivity contribution in [1.82, 2.24) is 9.29 Å². The molecular formula is C17H27N3O2S. The topological polar surface area (TPSA) is 53.5 Å². The molecule has 0 saturated carbocycles. The predicted octanol–water partition coefficient (Wildman–Crippen LogP) is 2.88. The zero-order valence-electron chi connectivity index (χ0n) is 14.2. The molecule has 6 heteroatoms. The van der Waals surface area contributed by atoms with Crippen LogP contribution in [0.5, 0.6) is 0 Å².